The monoisotopic (exact) mass is 216 g/mol. The molecule has 2 unspecified atom stereocenters. The number of carbonyl (C=O) groups excluding carboxylic acids is 2. The van der Waals surface area contributed by atoms with Gasteiger partial charge in [0.1, 0.15) is 0 Å². The summed E-state index contributed by atoms with van der Waals surface area (Å²) in [5.74, 6) is -0.439. The van der Waals surface area contributed by atoms with E-state index in [1.54, 1.807) is 13.2 Å². The SMILES string of the molecule is CC1C(=O)NNC1[C-]=O.[Y]. The molecule has 0 aromatic heterocycles. The first-order chi connectivity index (χ1) is 4.25. The molecule has 4 nitrogen and oxygen atoms in total. The molecule has 1 radical (unpaired) electrons. The summed E-state index contributed by atoms with van der Waals surface area (Å²) in [6, 6.07) is -0.475. The van der Waals surface area contributed by atoms with Crippen LogP contribution in [0.4, 0.5) is 0 Å². The molecule has 1 aliphatic rings. The molecule has 0 saturated carbocycles. The van der Waals surface area contributed by atoms with Crippen molar-refractivity contribution in [3.05, 3.63) is 0 Å². The summed E-state index contributed by atoms with van der Waals surface area (Å²) in [6.45, 7) is 1.67. The zero-order valence-corrected chi connectivity index (χ0v) is 8.39. The van der Waals surface area contributed by atoms with Crippen molar-refractivity contribution in [2.24, 2.45) is 5.92 Å². The van der Waals surface area contributed by atoms with Crippen molar-refractivity contribution in [1.29, 1.82) is 0 Å². The van der Waals surface area contributed by atoms with Crippen molar-refractivity contribution in [3.63, 3.8) is 0 Å². The number of rotatable bonds is 1. The Morgan fingerprint density at radius 2 is 2.20 bits per heavy atom. The van der Waals surface area contributed by atoms with Crippen molar-refractivity contribution in [1.82, 2.24) is 10.9 Å². The van der Waals surface area contributed by atoms with E-state index < -0.39 is 6.04 Å². The van der Waals surface area contributed by atoms with Crippen LogP contribution in [-0.4, -0.2) is 18.2 Å². The third kappa shape index (κ3) is 1.84. The van der Waals surface area contributed by atoms with E-state index in [2.05, 4.69) is 10.9 Å². The molecule has 0 aliphatic carbocycles. The van der Waals surface area contributed by atoms with Gasteiger partial charge in [0, 0.05) is 38.6 Å². The van der Waals surface area contributed by atoms with Crippen molar-refractivity contribution in [2.75, 3.05) is 0 Å². The van der Waals surface area contributed by atoms with Crippen LogP contribution in [0.5, 0.6) is 0 Å². The van der Waals surface area contributed by atoms with E-state index in [4.69, 9.17) is 0 Å². The quantitative estimate of drug-likeness (QED) is 0.537. The molecular formula is C5H7N2O2Y-. The number of amides is 1. The summed E-state index contributed by atoms with van der Waals surface area (Å²) >= 11 is 0. The molecule has 2 atom stereocenters. The summed E-state index contributed by atoms with van der Waals surface area (Å²) in [4.78, 5) is 20.6. The zero-order valence-electron chi connectivity index (χ0n) is 5.55. The largest absolute Gasteiger partial charge is 0.540 e. The van der Waals surface area contributed by atoms with Crippen LogP contribution < -0.4 is 10.9 Å². The molecule has 10 heavy (non-hydrogen) atoms. The van der Waals surface area contributed by atoms with Crippen LogP contribution in [0.25, 0.3) is 0 Å². The van der Waals surface area contributed by atoms with Gasteiger partial charge in [-0.2, -0.15) is 0 Å². The third-order valence-corrected chi connectivity index (χ3v) is 1.39. The Kier molecular flexibility index (Phi) is 4.24. The Balaban J connectivity index is 0.000000810. The van der Waals surface area contributed by atoms with E-state index in [0.717, 1.165) is 0 Å². The second-order valence-electron chi connectivity index (χ2n) is 2.02. The van der Waals surface area contributed by atoms with Gasteiger partial charge in [0.2, 0.25) is 5.91 Å². The summed E-state index contributed by atoms with van der Waals surface area (Å²) in [6.07, 6.45) is 1.70. The van der Waals surface area contributed by atoms with Gasteiger partial charge in [-0.15, -0.1) is 0 Å². The Morgan fingerprint density at radius 3 is 2.40 bits per heavy atom. The first kappa shape index (κ1) is 10.2. The van der Waals surface area contributed by atoms with Crippen LogP contribution in [0.3, 0.4) is 0 Å². The molecule has 1 rings (SSSR count). The molecule has 0 aromatic carbocycles. The maximum atomic E-state index is 10.6. The Bertz CT molecular complexity index is 151. The van der Waals surface area contributed by atoms with Gasteiger partial charge in [-0.1, -0.05) is 13.0 Å². The number of hydrogen-bond acceptors (Lipinski definition) is 3. The second-order valence-corrected chi connectivity index (χ2v) is 2.02. The molecule has 0 spiro atoms. The minimum absolute atomic E-state index is 0. The van der Waals surface area contributed by atoms with Crippen LogP contribution in [0.15, 0.2) is 0 Å². The normalized spacial score (nSPS) is 30.7. The van der Waals surface area contributed by atoms with E-state index >= 15 is 0 Å². The summed E-state index contributed by atoms with van der Waals surface area (Å²) < 4.78 is 0. The molecule has 1 heterocycles. The van der Waals surface area contributed by atoms with Crippen molar-refractivity contribution in [3.8, 4) is 0 Å². The maximum Gasteiger partial charge on any atom is 0.236 e. The first-order valence-corrected chi connectivity index (χ1v) is 2.68. The summed E-state index contributed by atoms with van der Waals surface area (Å²) in [5, 5.41) is 0. The fourth-order valence-electron chi connectivity index (χ4n) is 0.671. The van der Waals surface area contributed by atoms with Crippen LogP contribution in [-0.2, 0) is 42.3 Å². The van der Waals surface area contributed by atoms with Gasteiger partial charge < -0.3 is 4.79 Å². The van der Waals surface area contributed by atoms with Gasteiger partial charge in [-0.05, 0) is 0 Å². The Labute approximate surface area is 84.0 Å². The van der Waals surface area contributed by atoms with Gasteiger partial charge in [0.05, 0.1) is 0 Å². The predicted molar refractivity (Wildman–Crippen MR) is 29.9 cm³/mol. The number of carbonyl (C=O) groups is 1. The number of hydrazine groups is 1. The molecule has 0 bridgehead atoms. The Hall–Kier alpha value is 0.204. The van der Waals surface area contributed by atoms with E-state index in [1.807, 2.05) is 0 Å². The molecule has 5 heteroatoms. The third-order valence-electron chi connectivity index (χ3n) is 1.39. The molecule has 53 valence electrons. The van der Waals surface area contributed by atoms with Crippen LogP contribution >= 0.6 is 0 Å². The minimum atomic E-state index is -0.475. The predicted octanol–water partition coefficient (Wildman–Crippen LogP) is -1.27. The average Bonchev–Trinajstić information content (AvgIpc) is 2.15. The minimum Gasteiger partial charge on any atom is -0.540 e. The molecule has 0 aromatic rings. The topological polar surface area (TPSA) is 58.2 Å². The fourth-order valence-corrected chi connectivity index (χ4v) is 0.671. The number of hydrogen-bond donors (Lipinski definition) is 2. The molecular weight excluding hydrogens is 209 g/mol. The van der Waals surface area contributed by atoms with E-state index in [-0.39, 0.29) is 44.5 Å². The standard InChI is InChI=1S/C5H7N2O2.Y/c1-3-4(2-8)6-7-5(3)9;/h3-4,6H,1H3,(H,7,9);/q-1;. The fraction of sp³-hybridized carbons (Fsp3) is 0.600. The second kappa shape index (κ2) is 4.16. The summed E-state index contributed by atoms with van der Waals surface area (Å²) in [7, 11) is 0. The maximum absolute atomic E-state index is 10.6. The van der Waals surface area contributed by atoms with Crippen LogP contribution in [0.2, 0.25) is 0 Å². The smallest absolute Gasteiger partial charge is 0.236 e. The van der Waals surface area contributed by atoms with E-state index in [1.165, 1.54) is 0 Å². The molecule has 1 fully saturated rings. The van der Waals surface area contributed by atoms with Gasteiger partial charge >= 0.3 is 0 Å². The van der Waals surface area contributed by atoms with Gasteiger partial charge in [0.15, 0.2) is 0 Å². The molecule has 1 amide bonds. The van der Waals surface area contributed by atoms with Crippen molar-refractivity contribution >= 4 is 12.2 Å². The van der Waals surface area contributed by atoms with Crippen molar-refractivity contribution < 1.29 is 42.3 Å². The molecule has 1 aliphatic heterocycles. The molecule has 1 saturated heterocycles. The van der Waals surface area contributed by atoms with Crippen LogP contribution in [0, 0.1) is 5.92 Å². The van der Waals surface area contributed by atoms with Crippen molar-refractivity contribution in [2.45, 2.75) is 13.0 Å². The van der Waals surface area contributed by atoms with E-state index in [0.29, 0.717) is 0 Å². The average molecular weight is 216 g/mol. The molecule has 2 N–H and O–H groups in total. The zero-order chi connectivity index (χ0) is 6.85. The van der Waals surface area contributed by atoms with Gasteiger partial charge in [0.25, 0.3) is 0 Å². The summed E-state index contributed by atoms with van der Waals surface area (Å²) in [5.41, 5.74) is 4.80. The van der Waals surface area contributed by atoms with Gasteiger partial charge in [-0.3, -0.25) is 15.6 Å². The Morgan fingerprint density at radius 1 is 1.60 bits per heavy atom. The first-order valence-electron chi connectivity index (χ1n) is 2.68. The number of nitrogens with one attached hydrogen (secondary N) is 2. The van der Waals surface area contributed by atoms with Gasteiger partial charge in [-0.25, -0.2) is 6.29 Å². The van der Waals surface area contributed by atoms with E-state index in [9.17, 15) is 9.59 Å². The van der Waals surface area contributed by atoms with Crippen LogP contribution in [0.1, 0.15) is 6.92 Å².